The van der Waals surface area contributed by atoms with Crippen LogP contribution in [0.4, 0.5) is 10.2 Å². The number of amides is 1. The minimum absolute atomic E-state index is 0.316. The number of carbonyl (C=O) groups is 1. The van der Waals surface area contributed by atoms with Crippen LogP contribution in [0, 0.1) is 5.82 Å². The Balaban J connectivity index is 1.41. The number of pyridine rings is 2. The lowest BCUT2D eigenvalue weighted by Crippen LogP contribution is -2.37. The van der Waals surface area contributed by atoms with E-state index in [9.17, 15) is 9.18 Å². The summed E-state index contributed by atoms with van der Waals surface area (Å²) in [5, 5.41) is 2.77. The summed E-state index contributed by atoms with van der Waals surface area (Å²) in [5.74, 6) is 0.946. The van der Waals surface area contributed by atoms with Gasteiger partial charge < -0.3 is 15.8 Å². The van der Waals surface area contributed by atoms with Gasteiger partial charge in [-0.3, -0.25) is 9.78 Å². The van der Waals surface area contributed by atoms with E-state index in [2.05, 4.69) is 15.3 Å². The zero-order chi connectivity index (χ0) is 22.3. The number of carbonyl (C=O) groups excluding carboxylic acids is 1. The van der Waals surface area contributed by atoms with Crippen molar-refractivity contribution in [1.29, 1.82) is 0 Å². The molecule has 0 aliphatic carbocycles. The molecular formula is C25H21FN4O2. The van der Waals surface area contributed by atoms with Crippen LogP contribution in [0.2, 0.25) is 0 Å². The van der Waals surface area contributed by atoms with Crippen molar-refractivity contribution in [3.05, 3.63) is 103 Å². The molecule has 0 radical (unpaired) electrons. The zero-order valence-electron chi connectivity index (χ0n) is 17.1. The third kappa shape index (κ3) is 5.53. The van der Waals surface area contributed by atoms with Gasteiger partial charge in [0.25, 0.3) is 0 Å². The number of rotatable bonds is 7. The van der Waals surface area contributed by atoms with Crippen molar-refractivity contribution in [1.82, 2.24) is 9.97 Å². The summed E-state index contributed by atoms with van der Waals surface area (Å²) in [6, 6.07) is 21.5. The molecule has 4 rings (SSSR count). The second-order valence-electron chi connectivity index (χ2n) is 7.15. The lowest BCUT2D eigenvalue weighted by atomic mass is 10.1. The monoisotopic (exact) mass is 428 g/mol. The van der Waals surface area contributed by atoms with E-state index in [4.69, 9.17) is 10.5 Å². The van der Waals surface area contributed by atoms with Crippen LogP contribution in [0.1, 0.15) is 5.56 Å². The quantitative estimate of drug-likeness (QED) is 0.450. The van der Waals surface area contributed by atoms with Crippen molar-refractivity contribution >= 4 is 11.7 Å². The third-order valence-electron chi connectivity index (χ3n) is 4.71. The van der Waals surface area contributed by atoms with E-state index >= 15 is 0 Å². The molecule has 0 aliphatic heterocycles. The van der Waals surface area contributed by atoms with Crippen molar-refractivity contribution in [2.75, 3.05) is 5.32 Å². The van der Waals surface area contributed by atoms with Crippen LogP contribution in [0.5, 0.6) is 11.5 Å². The minimum Gasteiger partial charge on any atom is -0.457 e. The SMILES string of the molecule is N[C@@H](Cc1cccnc1)C(=O)Nc1cccc(-c2ccc(Oc3ccc(F)cc3)cc2)n1. The van der Waals surface area contributed by atoms with Crippen LogP contribution in [0.3, 0.4) is 0 Å². The number of aromatic nitrogens is 2. The van der Waals surface area contributed by atoms with E-state index in [1.54, 1.807) is 48.8 Å². The van der Waals surface area contributed by atoms with Gasteiger partial charge in [-0.1, -0.05) is 12.1 Å². The average Bonchev–Trinajstić information content (AvgIpc) is 2.82. The molecule has 160 valence electrons. The molecule has 0 aliphatic rings. The van der Waals surface area contributed by atoms with Crippen LogP contribution < -0.4 is 15.8 Å². The third-order valence-corrected chi connectivity index (χ3v) is 4.71. The standard InChI is InChI=1S/C25H21FN4O2/c26-19-8-12-21(13-9-19)32-20-10-6-18(7-11-20)23-4-1-5-24(29-23)30-25(31)22(27)15-17-3-2-14-28-16-17/h1-14,16,22H,15,27H2,(H,29,30,31)/t22-/m0/s1. The van der Waals surface area contributed by atoms with Crippen LogP contribution in [-0.4, -0.2) is 21.9 Å². The van der Waals surface area contributed by atoms with Gasteiger partial charge in [-0.25, -0.2) is 9.37 Å². The predicted octanol–water partition coefficient (Wildman–Crippen LogP) is 4.58. The van der Waals surface area contributed by atoms with Crippen LogP contribution in [-0.2, 0) is 11.2 Å². The fourth-order valence-corrected chi connectivity index (χ4v) is 3.08. The van der Waals surface area contributed by atoms with Crippen molar-refractivity contribution < 1.29 is 13.9 Å². The first-order valence-electron chi connectivity index (χ1n) is 10.0. The highest BCUT2D eigenvalue weighted by Gasteiger charge is 2.15. The number of hydrogen-bond donors (Lipinski definition) is 2. The first-order chi connectivity index (χ1) is 15.6. The smallest absolute Gasteiger partial charge is 0.242 e. The molecule has 1 atom stereocenters. The molecule has 0 saturated heterocycles. The predicted molar refractivity (Wildman–Crippen MR) is 121 cm³/mol. The highest BCUT2D eigenvalue weighted by atomic mass is 19.1. The molecule has 2 aromatic carbocycles. The molecule has 0 spiro atoms. The highest BCUT2D eigenvalue weighted by molar-refractivity contribution is 5.94. The topological polar surface area (TPSA) is 90.1 Å². The summed E-state index contributed by atoms with van der Waals surface area (Å²) in [5.41, 5.74) is 8.47. The first-order valence-corrected chi connectivity index (χ1v) is 10.0. The van der Waals surface area contributed by atoms with Gasteiger partial charge in [-0.2, -0.15) is 0 Å². The van der Waals surface area contributed by atoms with Gasteiger partial charge in [0, 0.05) is 18.0 Å². The molecule has 6 nitrogen and oxygen atoms in total. The lowest BCUT2D eigenvalue weighted by Gasteiger charge is -2.12. The van der Waals surface area contributed by atoms with Crippen molar-refractivity contribution in [2.24, 2.45) is 5.73 Å². The second kappa shape index (κ2) is 9.80. The van der Waals surface area contributed by atoms with E-state index in [-0.39, 0.29) is 11.7 Å². The maximum Gasteiger partial charge on any atom is 0.242 e. The molecule has 2 aromatic heterocycles. The van der Waals surface area contributed by atoms with Crippen LogP contribution >= 0.6 is 0 Å². The van der Waals surface area contributed by atoms with Gasteiger partial charge in [0.15, 0.2) is 0 Å². The molecule has 1 amide bonds. The molecule has 0 bridgehead atoms. The summed E-state index contributed by atoms with van der Waals surface area (Å²) >= 11 is 0. The van der Waals surface area contributed by atoms with Gasteiger partial charge in [0.1, 0.15) is 23.1 Å². The Bertz CT molecular complexity index is 1180. The Kier molecular flexibility index (Phi) is 6.48. The molecule has 0 fully saturated rings. The van der Waals surface area contributed by atoms with Crippen molar-refractivity contribution in [3.8, 4) is 22.8 Å². The number of nitrogens with two attached hydrogens (primary N) is 1. The van der Waals surface area contributed by atoms with Gasteiger partial charge in [0.2, 0.25) is 5.91 Å². The summed E-state index contributed by atoms with van der Waals surface area (Å²) in [6.07, 6.45) is 3.75. The molecule has 0 unspecified atom stereocenters. The number of ether oxygens (including phenoxy) is 1. The van der Waals surface area contributed by atoms with E-state index in [0.717, 1.165) is 11.1 Å². The Hall–Kier alpha value is -4.10. The zero-order valence-corrected chi connectivity index (χ0v) is 17.1. The van der Waals surface area contributed by atoms with Gasteiger partial charge >= 0.3 is 0 Å². The molecule has 32 heavy (non-hydrogen) atoms. The normalized spacial score (nSPS) is 11.6. The van der Waals surface area contributed by atoms with Gasteiger partial charge in [0.05, 0.1) is 11.7 Å². The van der Waals surface area contributed by atoms with Gasteiger partial charge in [-0.05, 0) is 78.7 Å². The number of nitrogens with one attached hydrogen (secondary N) is 1. The minimum atomic E-state index is -0.715. The Morgan fingerprint density at radius 1 is 0.969 bits per heavy atom. The second-order valence-corrected chi connectivity index (χ2v) is 7.15. The van der Waals surface area contributed by atoms with Crippen LogP contribution in [0.15, 0.2) is 91.3 Å². The number of halogens is 1. The molecule has 7 heteroatoms. The van der Waals surface area contributed by atoms with Crippen LogP contribution in [0.25, 0.3) is 11.3 Å². The maximum atomic E-state index is 13.0. The molecule has 4 aromatic rings. The number of benzene rings is 2. The summed E-state index contributed by atoms with van der Waals surface area (Å²) < 4.78 is 18.7. The summed E-state index contributed by atoms with van der Waals surface area (Å²) in [4.78, 5) is 21.0. The van der Waals surface area contributed by atoms with E-state index in [1.165, 1.54) is 12.1 Å². The molecule has 3 N–H and O–H groups in total. The highest BCUT2D eigenvalue weighted by Crippen LogP contribution is 2.25. The van der Waals surface area contributed by atoms with Crippen molar-refractivity contribution in [3.63, 3.8) is 0 Å². The Labute approximate surface area is 184 Å². The number of anilines is 1. The average molecular weight is 428 g/mol. The van der Waals surface area contributed by atoms with E-state index in [1.807, 2.05) is 30.3 Å². The van der Waals surface area contributed by atoms with E-state index < -0.39 is 6.04 Å². The van der Waals surface area contributed by atoms with Crippen molar-refractivity contribution in [2.45, 2.75) is 12.5 Å². The Morgan fingerprint density at radius 2 is 1.69 bits per heavy atom. The number of hydrogen-bond acceptors (Lipinski definition) is 5. The summed E-state index contributed by atoms with van der Waals surface area (Å²) in [6.45, 7) is 0. The Morgan fingerprint density at radius 3 is 2.38 bits per heavy atom. The largest absolute Gasteiger partial charge is 0.457 e. The number of nitrogens with zero attached hydrogens (tertiary/aromatic N) is 2. The van der Waals surface area contributed by atoms with Gasteiger partial charge in [-0.15, -0.1) is 0 Å². The molecule has 0 saturated carbocycles. The maximum absolute atomic E-state index is 13.0. The summed E-state index contributed by atoms with van der Waals surface area (Å²) in [7, 11) is 0. The fourth-order valence-electron chi connectivity index (χ4n) is 3.08. The fraction of sp³-hybridized carbons (Fsp3) is 0.0800. The molecular weight excluding hydrogens is 407 g/mol. The molecule has 2 heterocycles. The van der Waals surface area contributed by atoms with E-state index in [0.29, 0.717) is 29.4 Å². The lowest BCUT2D eigenvalue weighted by molar-refractivity contribution is -0.117. The first kappa shape index (κ1) is 21.1.